The second kappa shape index (κ2) is 9.10. The molecule has 0 bridgehead atoms. The molecule has 0 fully saturated rings. The first-order chi connectivity index (χ1) is 13.9. The topological polar surface area (TPSA) is 76.7 Å². The van der Waals surface area contributed by atoms with E-state index in [2.05, 4.69) is 10.9 Å². The third-order valence-electron chi connectivity index (χ3n) is 4.43. The van der Waals surface area contributed by atoms with Crippen molar-refractivity contribution in [3.63, 3.8) is 0 Å². The maximum absolute atomic E-state index is 12.2. The van der Waals surface area contributed by atoms with Crippen molar-refractivity contribution < 1.29 is 19.1 Å². The molecule has 0 saturated carbocycles. The zero-order chi connectivity index (χ0) is 20.8. The van der Waals surface area contributed by atoms with Gasteiger partial charge in [0.25, 0.3) is 11.8 Å². The van der Waals surface area contributed by atoms with Gasteiger partial charge in [0.1, 0.15) is 11.5 Å². The summed E-state index contributed by atoms with van der Waals surface area (Å²) in [6.07, 6.45) is -0.781. The van der Waals surface area contributed by atoms with Gasteiger partial charge in [-0.1, -0.05) is 42.5 Å². The molecule has 0 aliphatic heterocycles. The molecular formula is C23H24N2O4. The molecule has 150 valence electrons. The molecular weight excluding hydrogens is 368 g/mol. The van der Waals surface area contributed by atoms with E-state index >= 15 is 0 Å². The summed E-state index contributed by atoms with van der Waals surface area (Å²) in [5, 5.41) is 2.11. The van der Waals surface area contributed by atoms with Crippen LogP contribution in [0.4, 0.5) is 0 Å². The summed E-state index contributed by atoms with van der Waals surface area (Å²) in [4.78, 5) is 24.1. The Morgan fingerprint density at radius 1 is 0.931 bits per heavy atom. The predicted molar refractivity (Wildman–Crippen MR) is 112 cm³/mol. The number of aryl methyl sites for hydroxylation is 2. The van der Waals surface area contributed by atoms with Crippen molar-refractivity contribution >= 4 is 22.6 Å². The van der Waals surface area contributed by atoms with E-state index in [-0.39, 0.29) is 6.61 Å². The Morgan fingerprint density at radius 3 is 2.48 bits per heavy atom. The lowest BCUT2D eigenvalue weighted by molar-refractivity contribution is -0.133. The lowest BCUT2D eigenvalue weighted by Crippen LogP contribution is -2.48. The number of hydrogen-bond acceptors (Lipinski definition) is 4. The number of rotatable bonds is 6. The zero-order valence-corrected chi connectivity index (χ0v) is 16.7. The number of carbonyl (C=O) groups is 2. The molecule has 0 heterocycles. The van der Waals surface area contributed by atoms with E-state index in [9.17, 15) is 9.59 Å². The summed E-state index contributed by atoms with van der Waals surface area (Å²) >= 11 is 0. The summed E-state index contributed by atoms with van der Waals surface area (Å²) in [5.74, 6) is 0.297. The van der Waals surface area contributed by atoms with Gasteiger partial charge >= 0.3 is 0 Å². The predicted octanol–water partition coefficient (Wildman–Crippen LogP) is 3.45. The van der Waals surface area contributed by atoms with Gasteiger partial charge in [-0.3, -0.25) is 20.4 Å². The van der Waals surface area contributed by atoms with Crippen molar-refractivity contribution in [3.8, 4) is 11.5 Å². The van der Waals surface area contributed by atoms with Gasteiger partial charge in [-0.05, 0) is 60.9 Å². The highest BCUT2D eigenvalue weighted by Gasteiger charge is 2.16. The second-order valence-electron chi connectivity index (χ2n) is 6.86. The molecule has 3 aromatic carbocycles. The largest absolute Gasteiger partial charge is 0.483 e. The van der Waals surface area contributed by atoms with Crippen molar-refractivity contribution in [2.75, 3.05) is 6.61 Å². The molecule has 3 rings (SSSR count). The SMILES string of the molecule is Cc1ccc(C)c(OCC(=O)NNC(=O)[C@H](C)Oc2ccc3ccccc3c2)c1. The Bertz CT molecular complexity index is 1030. The molecule has 0 radical (unpaired) electrons. The Morgan fingerprint density at radius 2 is 1.69 bits per heavy atom. The smallest absolute Gasteiger partial charge is 0.279 e. The van der Waals surface area contributed by atoms with Crippen LogP contribution in [0.5, 0.6) is 11.5 Å². The number of nitrogens with one attached hydrogen (secondary N) is 2. The molecule has 2 N–H and O–H groups in total. The molecule has 6 nitrogen and oxygen atoms in total. The van der Waals surface area contributed by atoms with E-state index in [4.69, 9.17) is 9.47 Å². The Labute approximate surface area is 169 Å². The molecule has 2 amide bonds. The number of amides is 2. The van der Waals surface area contributed by atoms with Crippen LogP contribution in [0.1, 0.15) is 18.1 Å². The molecule has 0 aliphatic carbocycles. The quantitative estimate of drug-likeness (QED) is 0.630. The highest BCUT2D eigenvalue weighted by Crippen LogP contribution is 2.21. The Balaban J connectivity index is 1.47. The first-order valence-corrected chi connectivity index (χ1v) is 9.36. The summed E-state index contributed by atoms with van der Waals surface area (Å²) in [7, 11) is 0. The molecule has 3 aromatic rings. The van der Waals surface area contributed by atoms with Crippen LogP contribution in [0.2, 0.25) is 0 Å². The standard InChI is InChI=1S/C23H24N2O4/c1-15-8-9-16(2)21(12-15)28-14-22(26)24-25-23(27)17(3)29-20-11-10-18-6-4-5-7-19(18)13-20/h4-13,17H,14H2,1-3H3,(H,24,26)(H,25,27)/t17-/m0/s1. The van der Waals surface area contributed by atoms with E-state index in [0.717, 1.165) is 21.9 Å². The minimum absolute atomic E-state index is 0.204. The van der Waals surface area contributed by atoms with Gasteiger partial charge in [-0.25, -0.2) is 0 Å². The number of hydrazine groups is 1. The lowest BCUT2D eigenvalue weighted by Gasteiger charge is -2.16. The lowest BCUT2D eigenvalue weighted by atomic mass is 10.1. The fraction of sp³-hybridized carbons (Fsp3) is 0.217. The van der Waals surface area contributed by atoms with E-state index in [1.54, 1.807) is 6.92 Å². The summed E-state index contributed by atoms with van der Waals surface area (Å²) in [6.45, 7) is 5.26. The number of hydrogen-bond donors (Lipinski definition) is 2. The van der Waals surface area contributed by atoms with E-state index in [0.29, 0.717) is 11.5 Å². The zero-order valence-electron chi connectivity index (χ0n) is 16.7. The van der Waals surface area contributed by atoms with E-state index in [1.165, 1.54) is 0 Å². The minimum atomic E-state index is -0.781. The molecule has 0 aliphatic rings. The third-order valence-corrected chi connectivity index (χ3v) is 4.43. The van der Waals surface area contributed by atoms with E-state index in [1.807, 2.05) is 74.5 Å². The van der Waals surface area contributed by atoms with Crippen molar-refractivity contribution in [1.82, 2.24) is 10.9 Å². The van der Waals surface area contributed by atoms with Crippen molar-refractivity contribution in [2.24, 2.45) is 0 Å². The fourth-order valence-electron chi connectivity index (χ4n) is 2.77. The Hall–Kier alpha value is -3.54. The molecule has 29 heavy (non-hydrogen) atoms. The summed E-state index contributed by atoms with van der Waals surface area (Å²) < 4.78 is 11.2. The van der Waals surface area contributed by atoms with Crippen molar-refractivity contribution in [3.05, 3.63) is 71.8 Å². The van der Waals surface area contributed by atoms with Gasteiger partial charge < -0.3 is 9.47 Å². The number of fused-ring (bicyclic) bond motifs is 1. The van der Waals surface area contributed by atoms with Crippen LogP contribution in [-0.2, 0) is 9.59 Å². The summed E-state index contributed by atoms with van der Waals surface area (Å²) in [6, 6.07) is 19.3. The summed E-state index contributed by atoms with van der Waals surface area (Å²) in [5.41, 5.74) is 6.67. The number of benzene rings is 3. The second-order valence-corrected chi connectivity index (χ2v) is 6.86. The van der Waals surface area contributed by atoms with Crippen LogP contribution in [0.3, 0.4) is 0 Å². The van der Waals surface area contributed by atoms with Gasteiger partial charge in [-0.2, -0.15) is 0 Å². The average molecular weight is 392 g/mol. The minimum Gasteiger partial charge on any atom is -0.483 e. The average Bonchev–Trinajstić information content (AvgIpc) is 2.72. The number of carbonyl (C=O) groups excluding carboxylic acids is 2. The highest BCUT2D eigenvalue weighted by molar-refractivity contribution is 5.86. The molecule has 0 saturated heterocycles. The van der Waals surface area contributed by atoms with Crippen molar-refractivity contribution in [1.29, 1.82) is 0 Å². The van der Waals surface area contributed by atoms with Crippen LogP contribution in [0.15, 0.2) is 60.7 Å². The fourth-order valence-corrected chi connectivity index (χ4v) is 2.77. The van der Waals surface area contributed by atoms with Gasteiger partial charge in [0, 0.05) is 0 Å². The van der Waals surface area contributed by atoms with Crippen LogP contribution < -0.4 is 20.3 Å². The van der Waals surface area contributed by atoms with Crippen molar-refractivity contribution in [2.45, 2.75) is 26.9 Å². The van der Waals surface area contributed by atoms with Crippen LogP contribution in [0, 0.1) is 13.8 Å². The van der Waals surface area contributed by atoms with Gasteiger partial charge in [0.05, 0.1) is 0 Å². The molecule has 1 atom stereocenters. The van der Waals surface area contributed by atoms with Gasteiger partial charge in [-0.15, -0.1) is 0 Å². The molecule has 0 aromatic heterocycles. The molecule has 0 unspecified atom stereocenters. The monoisotopic (exact) mass is 392 g/mol. The van der Waals surface area contributed by atoms with Crippen LogP contribution >= 0.6 is 0 Å². The van der Waals surface area contributed by atoms with Gasteiger partial charge in [0.2, 0.25) is 0 Å². The highest BCUT2D eigenvalue weighted by atomic mass is 16.5. The number of ether oxygens (including phenoxy) is 2. The van der Waals surface area contributed by atoms with Crippen LogP contribution in [-0.4, -0.2) is 24.5 Å². The maximum atomic E-state index is 12.2. The third kappa shape index (κ3) is 5.48. The van der Waals surface area contributed by atoms with E-state index < -0.39 is 17.9 Å². The Kier molecular flexibility index (Phi) is 6.34. The molecule has 0 spiro atoms. The normalized spacial score (nSPS) is 11.6. The maximum Gasteiger partial charge on any atom is 0.279 e. The first-order valence-electron chi connectivity index (χ1n) is 9.36. The van der Waals surface area contributed by atoms with Gasteiger partial charge in [0.15, 0.2) is 12.7 Å². The van der Waals surface area contributed by atoms with Crippen LogP contribution in [0.25, 0.3) is 10.8 Å². The molecule has 6 heteroatoms. The first kappa shape index (κ1) is 20.2.